The minimum atomic E-state index is -4.53. The molecule has 2 heterocycles. The first kappa shape index (κ1) is 49.3. The molecule has 2 aliphatic heterocycles. The minimum absolute atomic E-state index is 0.109. The van der Waals surface area contributed by atoms with Crippen LogP contribution in [0.2, 0.25) is 0 Å². The van der Waals surface area contributed by atoms with Crippen LogP contribution in [0.3, 0.4) is 0 Å². The number of hydrogen-bond donors (Lipinski definition) is 5. The maximum Gasteiger partial charge on any atom is 0.304 e. The van der Waals surface area contributed by atoms with Gasteiger partial charge in [0.05, 0.1) is 33.1 Å². The van der Waals surface area contributed by atoms with Gasteiger partial charge in [-0.15, -0.1) is 11.8 Å². The predicted molar refractivity (Wildman–Crippen MR) is 238 cm³/mol. The van der Waals surface area contributed by atoms with E-state index in [0.717, 1.165) is 33.9 Å². The first-order valence-electron chi connectivity index (χ1n) is 19.9. The summed E-state index contributed by atoms with van der Waals surface area (Å²) < 4.78 is 135. The third-order valence-corrected chi connectivity index (χ3v) is 15.8. The van der Waals surface area contributed by atoms with Gasteiger partial charge in [-0.1, -0.05) is 26.0 Å². The van der Waals surface area contributed by atoms with Gasteiger partial charge in [-0.3, -0.25) is 23.0 Å². The summed E-state index contributed by atoms with van der Waals surface area (Å²) in [5.74, 6) is -1.57. The zero-order chi connectivity index (χ0) is 46.1. The van der Waals surface area contributed by atoms with Crippen LogP contribution >= 0.6 is 11.8 Å². The SMILES string of the molecule is CC1(C)C(=CC=C2CCCC(C=CC3=[N+](CCCCS(=O)(=O)O)c4ccc(S(=O)(=O)O)cc4C3(C)C)=C2SCCC(=O)O)N(CCCCS(=O)(=O)O)c2ccc(S(=O)(=O)O)cc21. The highest BCUT2D eigenvalue weighted by atomic mass is 32.2. The molecule has 0 aromatic heterocycles. The van der Waals surface area contributed by atoms with Crippen molar-refractivity contribution in [1.29, 1.82) is 0 Å². The van der Waals surface area contributed by atoms with Crippen LogP contribution in [0.25, 0.3) is 0 Å². The van der Waals surface area contributed by atoms with E-state index in [1.54, 1.807) is 12.1 Å². The lowest BCUT2D eigenvalue weighted by Gasteiger charge is -2.27. The second kappa shape index (κ2) is 18.8. The summed E-state index contributed by atoms with van der Waals surface area (Å²) in [5, 5.41) is 9.54. The number of benzene rings is 2. The molecule has 3 aliphatic rings. The average molecular weight is 958 g/mol. The van der Waals surface area contributed by atoms with Crippen LogP contribution < -0.4 is 4.90 Å². The number of rotatable bonds is 19. The fourth-order valence-corrected chi connectivity index (χ4v) is 11.6. The third kappa shape index (κ3) is 11.9. The lowest BCUT2D eigenvalue weighted by Crippen LogP contribution is -2.28. The highest BCUT2D eigenvalue weighted by Crippen LogP contribution is 2.49. The Morgan fingerprint density at radius 1 is 0.758 bits per heavy atom. The molecule has 340 valence electrons. The quantitative estimate of drug-likeness (QED) is 0.0557. The molecule has 1 aliphatic carbocycles. The Bertz CT molecular complexity index is 2730. The van der Waals surface area contributed by atoms with Crippen LogP contribution in [-0.2, 0) is 56.1 Å². The number of aliphatic carboxylic acids is 1. The van der Waals surface area contributed by atoms with Crippen molar-refractivity contribution in [2.24, 2.45) is 0 Å². The lowest BCUT2D eigenvalue weighted by molar-refractivity contribution is -0.438. The van der Waals surface area contributed by atoms with Gasteiger partial charge >= 0.3 is 5.97 Å². The van der Waals surface area contributed by atoms with Crippen molar-refractivity contribution < 1.29 is 66.4 Å². The van der Waals surface area contributed by atoms with Crippen LogP contribution in [0, 0.1) is 0 Å². The summed E-state index contributed by atoms with van der Waals surface area (Å²) in [4.78, 5) is 13.9. The van der Waals surface area contributed by atoms with E-state index in [1.807, 2.05) is 61.5 Å². The van der Waals surface area contributed by atoms with Crippen molar-refractivity contribution in [3.63, 3.8) is 0 Å². The molecular weight excluding hydrogens is 905 g/mol. The first-order valence-corrected chi connectivity index (χ1v) is 26.9. The van der Waals surface area contributed by atoms with E-state index in [0.29, 0.717) is 61.3 Å². The Kier molecular flexibility index (Phi) is 15.0. The molecule has 0 saturated heterocycles. The molecule has 0 saturated carbocycles. The summed E-state index contributed by atoms with van der Waals surface area (Å²) in [6.45, 7) is 8.27. The van der Waals surface area contributed by atoms with Gasteiger partial charge in [0, 0.05) is 58.1 Å². The molecule has 0 fully saturated rings. The number of carboxylic acid groups (broad SMARTS) is 1. The minimum Gasteiger partial charge on any atom is -0.481 e. The Hall–Kier alpha value is -3.67. The molecule has 16 nitrogen and oxygen atoms in total. The number of thioether (sulfide) groups is 1. The van der Waals surface area contributed by atoms with Gasteiger partial charge in [-0.25, -0.2) is 0 Å². The largest absolute Gasteiger partial charge is 0.481 e. The van der Waals surface area contributed by atoms with Crippen molar-refractivity contribution in [1.82, 2.24) is 0 Å². The van der Waals surface area contributed by atoms with Crippen molar-refractivity contribution in [3.05, 3.63) is 93.6 Å². The summed E-state index contributed by atoms with van der Waals surface area (Å²) in [5.41, 5.74) is 4.31. The van der Waals surface area contributed by atoms with E-state index in [9.17, 15) is 61.8 Å². The van der Waals surface area contributed by atoms with Gasteiger partial charge in [0.25, 0.3) is 40.5 Å². The van der Waals surface area contributed by atoms with E-state index in [2.05, 4.69) is 0 Å². The van der Waals surface area contributed by atoms with E-state index >= 15 is 0 Å². The molecule has 0 bridgehead atoms. The fraction of sp³-hybridized carbons (Fsp3) is 0.463. The van der Waals surface area contributed by atoms with Crippen LogP contribution in [0.5, 0.6) is 0 Å². The normalized spacial score (nSPS) is 19.3. The Morgan fingerprint density at radius 2 is 1.35 bits per heavy atom. The molecule has 5 N–H and O–H groups in total. The second-order valence-corrected chi connectivity index (χ2v) is 23.6. The van der Waals surface area contributed by atoms with Gasteiger partial charge in [0.1, 0.15) is 6.54 Å². The number of allylic oxidation sites excluding steroid dienone is 7. The van der Waals surface area contributed by atoms with Crippen LogP contribution in [-0.4, -0.2) is 104 Å². The smallest absolute Gasteiger partial charge is 0.304 e. The zero-order valence-corrected chi connectivity index (χ0v) is 38.9. The standard InChI is InChI=1S/C41H52N2O14S5/c1-40(2)32-26-30(61(52,53)54)14-16-34(32)42(21-5-7-24-59(46,47)48)36(40)18-12-28-10-9-11-29(39(28)58-23-20-38(44)45)13-19-37-41(3,4)33-27-31(62(55,56)57)15-17-35(33)43(37)22-6-8-25-60(49,50)51/h12-19,26-27H,5-11,20-25H2,1-4H3,(H4-,44,45,46,47,48,49,50,51,52,53,54,55,56,57)/p+1. The molecule has 2 aromatic carbocycles. The molecule has 0 unspecified atom stereocenters. The van der Waals surface area contributed by atoms with Gasteiger partial charge in [0.15, 0.2) is 5.71 Å². The van der Waals surface area contributed by atoms with E-state index in [4.69, 9.17) is 0 Å². The van der Waals surface area contributed by atoms with Gasteiger partial charge in [-0.2, -0.15) is 38.2 Å². The molecule has 0 atom stereocenters. The third-order valence-electron chi connectivity index (χ3n) is 11.3. The van der Waals surface area contributed by atoms with Crippen molar-refractivity contribution in [3.8, 4) is 0 Å². The number of nitrogens with zero attached hydrogens (tertiary/aromatic N) is 2. The first-order chi connectivity index (χ1) is 28.6. The number of anilines is 1. The predicted octanol–water partition coefficient (Wildman–Crippen LogP) is 6.70. The van der Waals surface area contributed by atoms with Crippen LogP contribution in [0.4, 0.5) is 11.4 Å². The van der Waals surface area contributed by atoms with E-state index < -0.39 is 68.8 Å². The van der Waals surface area contributed by atoms with E-state index in [1.165, 1.54) is 36.0 Å². The summed E-state index contributed by atoms with van der Waals surface area (Å²) >= 11 is 1.39. The number of hydrogen-bond acceptors (Lipinski definition) is 11. The van der Waals surface area contributed by atoms with E-state index in [-0.39, 0.29) is 34.8 Å². The maximum atomic E-state index is 12.2. The number of carboxylic acids is 1. The Balaban J connectivity index is 1.60. The van der Waals surface area contributed by atoms with Crippen LogP contribution in [0.15, 0.2) is 92.2 Å². The average Bonchev–Trinajstić information content (AvgIpc) is 3.49. The number of unbranched alkanes of at least 4 members (excludes halogenated alkanes) is 2. The second-order valence-electron chi connectivity index (χ2n) is 16.5. The lowest BCUT2D eigenvalue weighted by atomic mass is 9.81. The molecule has 0 radical (unpaired) electrons. The number of carbonyl (C=O) groups is 1. The molecule has 5 rings (SSSR count). The highest BCUT2D eigenvalue weighted by molar-refractivity contribution is 8.03. The zero-order valence-electron chi connectivity index (χ0n) is 34.8. The monoisotopic (exact) mass is 957 g/mol. The maximum absolute atomic E-state index is 12.2. The molecule has 0 spiro atoms. The molecule has 62 heavy (non-hydrogen) atoms. The summed E-state index contributed by atoms with van der Waals surface area (Å²) in [6, 6.07) is 8.62. The summed E-state index contributed by atoms with van der Waals surface area (Å²) in [7, 11) is -17.4. The topological polar surface area (TPSA) is 261 Å². The van der Waals surface area contributed by atoms with Crippen molar-refractivity contribution in [2.45, 2.75) is 99.7 Å². The number of fused-ring (bicyclic) bond motifs is 2. The molecule has 0 amide bonds. The highest BCUT2D eigenvalue weighted by Gasteiger charge is 2.45. The van der Waals surface area contributed by atoms with Gasteiger partial charge in [0.2, 0.25) is 5.69 Å². The fourth-order valence-electron chi connectivity index (χ4n) is 8.23. The van der Waals surface area contributed by atoms with Gasteiger partial charge in [-0.05, 0) is 105 Å². The molecule has 21 heteroatoms. The van der Waals surface area contributed by atoms with Crippen LogP contribution in [0.1, 0.15) is 90.2 Å². The molecular formula is C41H53N2O14S5+. The van der Waals surface area contributed by atoms with Crippen molar-refractivity contribution in [2.75, 3.05) is 35.2 Å². The van der Waals surface area contributed by atoms with Crippen molar-refractivity contribution >= 4 is 75.3 Å². The Morgan fingerprint density at radius 3 is 1.95 bits per heavy atom. The summed E-state index contributed by atoms with van der Waals surface area (Å²) in [6.07, 6.45) is 10.7. The van der Waals surface area contributed by atoms with Gasteiger partial charge < -0.3 is 10.0 Å². The molecule has 2 aromatic rings. The Labute approximate surface area is 368 Å².